The molecule has 31 heavy (non-hydrogen) atoms. The minimum absolute atomic E-state index is 0.0252. The molecule has 8 nitrogen and oxygen atoms in total. The quantitative estimate of drug-likeness (QED) is 0.681. The highest BCUT2D eigenvalue weighted by Crippen LogP contribution is 2.34. The molecule has 160 valence electrons. The summed E-state index contributed by atoms with van der Waals surface area (Å²) in [4.78, 5) is 48.1. The lowest BCUT2D eigenvalue weighted by atomic mass is 10.2. The van der Waals surface area contributed by atoms with Gasteiger partial charge in [0.2, 0.25) is 5.91 Å². The van der Waals surface area contributed by atoms with E-state index >= 15 is 0 Å². The van der Waals surface area contributed by atoms with Gasteiger partial charge in [-0.2, -0.15) is 0 Å². The van der Waals surface area contributed by atoms with E-state index in [1.54, 1.807) is 21.1 Å². The van der Waals surface area contributed by atoms with Crippen LogP contribution in [0.1, 0.15) is 16.9 Å². The van der Waals surface area contributed by atoms with E-state index < -0.39 is 0 Å². The number of thiophene rings is 1. The van der Waals surface area contributed by atoms with Gasteiger partial charge < -0.3 is 15.1 Å². The van der Waals surface area contributed by atoms with Crippen LogP contribution in [-0.4, -0.2) is 57.5 Å². The van der Waals surface area contributed by atoms with Crippen molar-refractivity contribution in [3.63, 3.8) is 0 Å². The SMILES string of the molecule is O=C(Cn1cnc2sc3c(c2c1=O)CCC3)N1CCN(C(=O)Nc2ccccc2)CC1. The highest BCUT2D eigenvalue weighted by Gasteiger charge is 2.26. The molecule has 5 rings (SSSR count). The van der Waals surface area contributed by atoms with Crippen LogP contribution < -0.4 is 10.9 Å². The Hall–Kier alpha value is -3.20. The Kier molecular flexibility index (Phi) is 5.19. The Morgan fingerprint density at radius 2 is 1.77 bits per heavy atom. The molecule has 0 atom stereocenters. The summed E-state index contributed by atoms with van der Waals surface area (Å²) in [6, 6.07) is 9.13. The van der Waals surface area contributed by atoms with Crippen LogP contribution in [0.3, 0.4) is 0 Å². The van der Waals surface area contributed by atoms with Crippen molar-refractivity contribution in [2.24, 2.45) is 0 Å². The van der Waals surface area contributed by atoms with Gasteiger partial charge in [-0.15, -0.1) is 11.3 Å². The van der Waals surface area contributed by atoms with Crippen molar-refractivity contribution in [1.82, 2.24) is 19.4 Å². The number of nitrogens with zero attached hydrogens (tertiary/aromatic N) is 4. The summed E-state index contributed by atoms with van der Waals surface area (Å²) in [6.45, 7) is 1.77. The zero-order chi connectivity index (χ0) is 21.4. The molecule has 0 radical (unpaired) electrons. The lowest BCUT2D eigenvalue weighted by Crippen LogP contribution is -2.52. The number of hydrogen-bond acceptors (Lipinski definition) is 5. The van der Waals surface area contributed by atoms with Crippen LogP contribution in [0.2, 0.25) is 0 Å². The molecule has 1 aliphatic carbocycles. The predicted molar refractivity (Wildman–Crippen MR) is 120 cm³/mol. The van der Waals surface area contributed by atoms with Crippen LogP contribution in [0.15, 0.2) is 41.5 Å². The second-order valence-electron chi connectivity index (χ2n) is 7.88. The Morgan fingerprint density at radius 1 is 1.03 bits per heavy atom. The third-order valence-corrected chi connectivity index (χ3v) is 7.14. The number of urea groups is 1. The molecule has 2 aliphatic rings. The number of anilines is 1. The molecule has 3 amide bonds. The number of carbonyl (C=O) groups is 2. The lowest BCUT2D eigenvalue weighted by molar-refractivity contribution is -0.133. The van der Waals surface area contributed by atoms with E-state index in [1.807, 2.05) is 30.3 Å². The van der Waals surface area contributed by atoms with Gasteiger partial charge in [0.05, 0.1) is 11.7 Å². The fourth-order valence-corrected chi connectivity index (χ4v) is 5.48. The minimum atomic E-state index is -0.171. The largest absolute Gasteiger partial charge is 0.338 e. The van der Waals surface area contributed by atoms with Crippen molar-refractivity contribution in [3.8, 4) is 0 Å². The molecule has 1 aliphatic heterocycles. The van der Waals surface area contributed by atoms with Crippen molar-refractivity contribution in [2.75, 3.05) is 31.5 Å². The number of aryl methyl sites for hydroxylation is 2. The third-order valence-electron chi connectivity index (χ3n) is 5.94. The number of para-hydroxylation sites is 1. The summed E-state index contributed by atoms with van der Waals surface area (Å²) >= 11 is 1.60. The molecule has 9 heteroatoms. The van der Waals surface area contributed by atoms with Crippen molar-refractivity contribution < 1.29 is 9.59 Å². The number of amides is 3. The molecule has 0 spiro atoms. The number of piperazine rings is 1. The normalized spacial score (nSPS) is 15.9. The molecule has 2 aromatic heterocycles. The Labute approximate surface area is 183 Å². The maximum Gasteiger partial charge on any atom is 0.321 e. The van der Waals surface area contributed by atoms with Gasteiger partial charge in [0.1, 0.15) is 11.4 Å². The first-order valence-corrected chi connectivity index (χ1v) is 11.3. The lowest BCUT2D eigenvalue weighted by Gasteiger charge is -2.34. The molecule has 0 bridgehead atoms. The van der Waals surface area contributed by atoms with Crippen molar-refractivity contribution in [2.45, 2.75) is 25.8 Å². The molecule has 1 fully saturated rings. The summed E-state index contributed by atoms with van der Waals surface area (Å²) < 4.78 is 1.42. The van der Waals surface area contributed by atoms with Crippen LogP contribution in [0, 0.1) is 0 Å². The summed E-state index contributed by atoms with van der Waals surface area (Å²) in [5.74, 6) is -0.127. The van der Waals surface area contributed by atoms with Crippen molar-refractivity contribution in [3.05, 3.63) is 57.5 Å². The first kappa shape index (κ1) is 19.7. The highest BCUT2D eigenvalue weighted by atomic mass is 32.1. The van der Waals surface area contributed by atoms with Gasteiger partial charge in [0.15, 0.2) is 0 Å². The number of aromatic nitrogens is 2. The molecule has 3 heterocycles. The standard InChI is InChI=1S/C22H23N5O3S/c28-18(13-27-14-23-20-19(21(27)29)16-7-4-8-17(16)31-20)25-9-11-26(12-10-25)22(30)24-15-5-2-1-3-6-15/h1-3,5-6,14H,4,7-13H2,(H,24,30). The van der Waals surface area contributed by atoms with E-state index in [4.69, 9.17) is 0 Å². The maximum atomic E-state index is 13.0. The summed E-state index contributed by atoms with van der Waals surface area (Å²) in [6.07, 6.45) is 4.48. The van der Waals surface area contributed by atoms with Crippen LogP contribution in [0.4, 0.5) is 10.5 Å². The Morgan fingerprint density at radius 3 is 2.55 bits per heavy atom. The van der Waals surface area contributed by atoms with Gasteiger partial charge in [-0.05, 0) is 37.0 Å². The smallest absolute Gasteiger partial charge is 0.321 e. The van der Waals surface area contributed by atoms with Crippen LogP contribution in [0.5, 0.6) is 0 Å². The van der Waals surface area contributed by atoms with E-state index in [-0.39, 0.29) is 24.0 Å². The fourth-order valence-electron chi connectivity index (χ4n) is 4.26. The second-order valence-corrected chi connectivity index (χ2v) is 8.96. The van der Waals surface area contributed by atoms with Gasteiger partial charge >= 0.3 is 6.03 Å². The first-order valence-electron chi connectivity index (χ1n) is 10.5. The first-order chi connectivity index (χ1) is 15.1. The molecule has 1 saturated heterocycles. The summed E-state index contributed by atoms with van der Waals surface area (Å²) in [7, 11) is 0. The van der Waals surface area contributed by atoms with Crippen LogP contribution in [-0.2, 0) is 24.2 Å². The molecule has 1 N–H and O–H groups in total. The molecule has 1 aromatic carbocycles. The Bertz CT molecular complexity index is 1200. The van der Waals surface area contributed by atoms with E-state index in [0.29, 0.717) is 31.6 Å². The monoisotopic (exact) mass is 437 g/mol. The van der Waals surface area contributed by atoms with Gasteiger partial charge in [0, 0.05) is 36.7 Å². The zero-order valence-corrected chi connectivity index (χ0v) is 17.9. The number of carbonyl (C=O) groups excluding carboxylic acids is 2. The van der Waals surface area contributed by atoms with Crippen molar-refractivity contribution in [1.29, 1.82) is 0 Å². The third kappa shape index (κ3) is 3.81. The van der Waals surface area contributed by atoms with Gasteiger partial charge in [-0.3, -0.25) is 14.2 Å². The zero-order valence-electron chi connectivity index (χ0n) is 17.0. The minimum Gasteiger partial charge on any atom is -0.338 e. The second kappa shape index (κ2) is 8.14. The molecule has 0 unspecified atom stereocenters. The van der Waals surface area contributed by atoms with E-state index in [2.05, 4.69) is 10.3 Å². The van der Waals surface area contributed by atoms with Crippen LogP contribution >= 0.6 is 11.3 Å². The average Bonchev–Trinajstić information content (AvgIpc) is 3.38. The molecule has 0 saturated carbocycles. The molecular weight excluding hydrogens is 414 g/mol. The fraction of sp³-hybridized carbons (Fsp3) is 0.364. The van der Waals surface area contributed by atoms with Crippen LogP contribution in [0.25, 0.3) is 10.2 Å². The van der Waals surface area contributed by atoms with Gasteiger partial charge in [-0.1, -0.05) is 18.2 Å². The van der Waals surface area contributed by atoms with E-state index in [9.17, 15) is 14.4 Å². The number of rotatable bonds is 3. The van der Waals surface area contributed by atoms with Gasteiger partial charge in [-0.25, -0.2) is 9.78 Å². The number of fused-ring (bicyclic) bond motifs is 3. The maximum absolute atomic E-state index is 13.0. The molecule has 3 aromatic rings. The van der Waals surface area contributed by atoms with E-state index in [0.717, 1.165) is 35.3 Å². The van der Waals surface area contributed by atoms with Gasteiger partial charge in [0.25, 0.3) is 5.56 Å². The summed E-state index contributed by atoms with van der Waals surface area (Å²) in [5, 5.41) is 3.56. The number of hydrogen-bond donors (Lipinski definition) is 1. The van der Waals surface area contributed by atoms with E-state index in [1.165, 1.54) is 15.8 Å². The Balaban J connectivity index is 1.22. The summed E-state index contributed by atoms with van der Waals surface area (Å²) in [5.41, 5.74) is 1.74. The predicted octanol–water partition coefficient (Wildman–Crippen LogP) is 2.32. The van der Waals surface area contributed by atoms with Crippen molar-refractivity contribution >= 4 is 39.2 Å². The average molecular weight is 438 g/mol. The highest BCUT2D eigenvalue weighted by molar-refractivity contribution is 7.18. The number of benzene rings is 1. The number of nitrogens with one attached hydrogen (secondary N) is 1. The topological polar surface area (TPSA) is 87.5 Å². The molecular formula is C22H23N5O3S.